The van der Waals surface area contributed by atoms with Gasteiger partial charge in [-0.15, -0.1) is 0 Å². The van der Waals surface area contributed by atoms with E-state index in [-0.39, 0.29) is 16.8 Å². The number of anilines is 2. The topological polar surface area (TPSA) is 194 Å². The maximum atomic E-state index is 13.6. The van der Waals surface area contributed by atoms with Crippen LogP contribution >= 0.6 is 0 Å². The van der Waals surface area contributed by atoms with Gasteiger partial charge in [-0.2, -0.15) is 0 Å². The van der Waals surface area contributed by atoms with E-state index in [1.807, 2.05) is 30.3 Å². The maximum absolute atomic E-state index is 13.6. The molecule has 0 fully saturated rings. The maximum Gasteiger partial charge on any atom is 0.412 e. The monoisotopic (exact) mass is 641 g/mol. The van der Waals surface area contributed by atoms with E-state index >= 15 is 0 Å². The number of ether oxygens (including phenoxy) is 1. The molecule has 0 saturated carbocycles. The number of ketones is 1. The molecule has 5 aromatic rings. The van der Waals surface area contributed by atoms with Crippen molar-refractivity contribution in [3.8, 4) is 11.3 Å². The number of carbonyl (C=O) groups excluding carboxylic acids is 3. The minimum atomic E-state index is -0.723. The first-order chi connectivity index (χ1) is 22.5. The average Bonchev–Trinajstić information content (AvgIpc) is 3.67. The third kappa shape index (κ3) is 7.90. The first kappa shape index (κ1) is 32.6. The van der Waals surface area contributed by atoms with E-state index in [1.54, 1.807) is 45.0 Å². The van der Waals surface area contributed by atoms with Gasteiger partial charge in [0, 0.05) is 35.7 Å². The van der Waals surface area contributed by atoms with Crippen molar-refractivity contribution >= 4 is 56.8 Å². The minimum absolute atomic E-state index is 0.0896. The third-order valence-electron chi connectivity index (χ3n) is 7.24. The fourth-order valence-corrected chi connectivity index (χ4v) is 5.11. The normalized spacial score (nSPS) is 11.4. The van der Waals surface area contributed by atoms with Crippen LogP contribution in [0.25, 0.3) is 33.2 Å². The van der Waals surface area contributed by atoms with Crippen molar-refractivity contribution in [2.24, 2.45) is 0 Å². The number of aromatic nitrogens is 3. The lowest BCUT2D eigenvalue weighted by Crippen LogP contribution is -2.32. The highest BCUT2D eigenvalue weighted by Crippen LogP contribution is 2.33. The molecule has 2 heterocycles. The van der Waals surface area contributed by atoms with E-state index in [4.69, 9.17) is 4.74 Å². The lowest BCUT2D eigenvalue weighted by atomic mass is 10.0. The lowest BCUT2D eigenvalue weighted by molar-refractivity contribution is -0.383. The Labute approximate surface area is 269 Å². The molecule has 4 N–H and O–H groups in total. The molecule has 2 aromatic heterocycles. The molecule has 244 valence electrons. The SMILES string of the molecule is CC(C)(C)OC(=O)Nc1ccc2[nH]c(-c3ccccc3)c(C(=O)C(=O)NCCCCCCNc3ccc([N+](=O)[O-])c4nonc34)c2c1. The van der Waals surface area contributed by atoms with Gasteiger partial charge in [0.05, 0.1) is 21.9 Å². The Hall–Kier alpha value is -5.79. The number of nitrogens with one attached hydrogen (secondary N) is 4. The Balaban J connectivity index is 1.17. The predicted molar refractivity (Wildman–Crippen MR) is 176 cm³/mol. The summed E-state index contributed by atoms with van der Waals surface area (Å²) in [7, 11) is 0. The zero-order valence-electron chi connectivity index (χ0n) is 26.2. The van der Waals surface area contributed by atoms with Crippen molar-refractivity contribution in [3.05, 3.63) is 76.3 Å². The van der Waals surface area contributed by atoms with Crippen LogP contribution in [0.1, 0.15) is 56.8 Å². The highest BCUT2D eigenvalue weighted by atomic mass is 16.6. The molecule has 0 aliphatic rings. The highest BCUT2D eigenvalue weighted by molar-refractivity contribution is 6.46. The second-order valence-electron chi connectivity index (χ2n) is 11.9. The molecule has 0 saturated heterocycles. The number of carbonyl (C=O) groups is 3. The summed E-state index contributed by atoms with van der Waals surface area (Å²) in [5.41, 5.74) is 2.65. The number of unbranched alkanes of at least 4 members (excludes halogenated alkanes) is 3. The van der Waals surface area contributed by atoms with Crippen molar-refractivity contribution in [2.45, 2.75) is 52.1 Å². The van der Waals surface area contributed by atoms with E-state index in [0.717, 1.165) is 24.8 Å². The first-order valence-corrected chi connectivity index (χ1v) is 15.2. The van der Waals surface area contributed by atoms with Crippen LogP contribution in [0.3, 0.4) is 0 Å². The minimum Gasteiger partial charge on any atom is -0.444 e. The van der Waals surface area contributed by atoms with Crippen molar-refractivity contribution in [2.75, 3.05) is 23.7 Å². The number of non-ortho nitro benzene ring substituents is 1. The van der Waals surface area contributed by atoms with E-state index in [0.29, 0.717) is 53.0 Å². The first-order valence-electron chi connectivity index (χ1n) is 15.2. The van der Waals surface area contributed by atoms with Gasteiger partial charge >= 0.3 is 11.8 Å². The molecular weight excluding hydrogens is 606 g/mol. The molecule has 0 aliphatic heterocycles. The van der Waals surface area contributed by atoms with Gasteiger partial charge in [0.15, 0.2) is 5.52 Å². The van der Waals surface area contributed by atoms with Crippen molar-refractivity contribution in [1.29, 1.82) is 0 Å². The average molecular weight is 642 g/mol. The molecular formula is C33H35N7O7. The molecule has 3 aromatic carbocycles. The standard InChI is InChI=1S/C33H35N7O7/c1-33(2,3)46-32(43)36-21-13-14-23-22(19-21)26(27(37-23)20-11-7-6-8-12-20)30(41)31(42)35-18-10-5-4-9-17-34-24-15-16-25(40(44)45)29-28(24)38-47-39-29/h6-8,11-16,19,34,37H,4-5,9-10,17-18H2,1-3H3,(H,35,42)(H,36,43). The second kappa shape index (κ2) is 14.1. The smallest absolute Gasteiger partial charge is 0.412 e. The van der Waals surface area contributed by atoms with Gasteiger partial charge in [0.25, 0.3) is 11.7 Å². The zero-order chi connectivity index (χ0) is 33.6. The Morgan fingerprint density at radius 1 is 0.936 bits per heavy atom. The summed E-state index contributed by atoms with van der Waals surface area (Å²) in [4.78, 5) is 53.0. The van der Waals surface area contributed by atoms with Crippen molar-refractivity contribution in [3.63, 3.8) is 0 Å². The van der Waals surface area contributed by atoms with Crippen LogP contribution in [-0.4, -0.2) is 56.7 Å². The van der Waals surface area contributed by atoms with Gasteiger partial charge in [0.1, 0.15) is 5.60 Å². The number of fused-ring (bicyclic) bond motifs is 2. The van der Waals surface area contributed by atoms with Gasteiger partial charge in [-0.05, 0) is 73.8 Å². The summed E-state index contributed by atoms with van der Waals surface area (Å²) in [6.45, 7) is 6.21. The Kier molecular flexibility index (Phi) is 9.78. The van der Waals surface area contributed by atoms with Crippen LogP contribution in [-0.2, 0) is 9.53 Å². The summed E-state index contributed by atoms with van der Waals surface area (Å²) < 4.78 is 10.0. The van der Waals surface area contributed by atoms with Crippen LogP contribution in [0, 0.1) is 10.1 Å². The number of aromatic amines is 1. The van der Waals surface area contributed by atoms with Crippen LogP contribution in [0.5, 0.6) is 0 Å². The van der Waals surface area contributed by atoms with E-state index < -0.39 is 28.3 Å². The highest BCUT2D eigenvalue weighted by Gasteiger charge is 2.26. The molecule has 0 bridgehead atoms. The second-order valence-corrected chi connectivity index (χ2v) is 11.9. The predicted octanol–water partition coefficient (Wildman–Crippen LogP) is 6.60. The Morgan fingerprint density at radius 2 is 1.66 bits per heavy atom. The molecule has 47 heavy (non-hydrogen) atoms. The summed E-state index contributed by atoms with van der Waals surface area (Å²) in [5, 5.41) is 27.7. The van der Waals surface area contributed by atoms with Crippen molar-refractivity contribution in [1.82, 2.24) is 20.6 Å². The van der Waals surface area contributed by atoms with Gasteiger partial charge in [-0.1, -0.05) is 43.2 Å². The lowest BCUT2D eigenvalue weighted by Gasteiger charge is -2.19. The number of H-pyrrole nitrogens is 1. The molecule has 14 heteroatoms. The van der Waals surface area contributed by atoms with Crippen LogP contribution in [0.15, 0.2) is 65.3 Å². The molecule has 0 atom stereocenters. The fraction of sp³-hybridized carbons (Fsp3) is 0.303. The molecule has 14 nitrogen and oxygen atoms in total. The Morgan fingerprint density at radius 3 is 2.38 bits per heavy atom. The number of nitro benzene ring substituents is 1. The molecule has 0 unspecified atom stereocenters. The number of hydrogen-bond donors (Lipinski definition) is 4. The molecule has 2 amide bonds. The largest absolute Gasteiger partial charge is 0.444 e. The van der Waals surface area contributed by atoms with Gasteiger partial charge < -0.3 is 20.4 Å². The van der Waals surface area contributed by atoms with E-state index in [1.165, 1.54) is 6.07 Å². The number of Topliss-reactive ketones (excluding diaryl/α,β-unsaturated/α-hetero) is 1. The molecule has 0 aliphatic carbocycles. The molecule has 0 spiro atoms. The van der Waals surface area contributed by atoms with Gasteiger partial charge in [-0.25, -0.2) is 9.42 Å². The number of rotatable bonds is 13. The van der Waals surface area contributed by atoms with Crippen LogP contribution in [0.4, 0.5) is 21.9 Å². The zero-order valence-corrected chi connectivity index (χ0v) is 26.2. The summed E-state index contributed by atoms with van der Waals surface area (Å²) in [6.07, 6.45) is 2.48. The van der Waals surface area contributed by atoms with Crippen LogP contribution in [0.2, 0.25) is 0 Å². The van der Waals surface area contributed by atoms with Gasteiger partial charge in [-0.3, -0.25) is 25.0 Å². The van der Waals surface area contributed by atoms with E-state index in [2.05, 4.69) is 35.9 Å². The number of hydrogen-bond acceptors (Lipinski definition) is 10. The molecule has 0 radical (unpaired) electrons. The third-order valence-corrected chi connectivity index (χ3v) is 7.24. The number of benzene rings is 3. The van der Waals surface area contributed by atoms with Crippen LogP contribution < -0.4 is 16.0 Å². The summed E-state index contributed by atoms with van der Waals surface area (Å²) >= 11 is 0. The Bertz CT molecular complexity index is 1930. The molecule has 5 rings (SSSR count). The number of amides is 2. The fourth-order valence-electron chi connectivity index (χ4n) is 5.11. The summed E-state index contributed by atoms with van der Waals surface area (Å²) in [5.74, 6) is -1.41. The quantitative estimate of drug-likeness (QED) is 0.0358. The summed E-state index contributed by atoms with van der Waals surface area (Å²) in [6, 6.07) is 17.3. The van der Waals surface area contributed by atoms with Gasteiger partial charge in [0.2, 0.25) is 5.52 Å². The number of nitro groups is 1. The van der Waals surface area contributed by atoms with E-state index in [9.17, 15) is 24.5 Å². The number of nitrogens with zero attached hydrogens (tertiary/aromatic N) is 3. The van der Waals surface area contributed by atoms with Crippen molar-refractivity contribution < 1.29 is 28.7 Å².